The van der Waals surface area contributed by atoms with Crippen LogP contribution in [0.25, 0.3) is 0 Å². The lowest BCUT2D eigenvalue weighted by atomic mass is 10.1. The third kappa shape index (κ3) is 3.93. The summed E-state index contributed by atoms with van der Waals surface area (Å²) in [5.74, 6) is 0. The summed E-state index contributed by atoms with van der Waals surface area (Å²) in [5.41, 5.74) is 2.22. The molecule has 0 spiro atoms. The minimum absolute atomic E-state index is 0.0352. The highest BCUT2D eigenvalue weighted by molar-refractivity contribution is 6.41. The maximum absolute atomic E-state index is 3.95. The zero-order chi connectivity index (χ0) is 11.9. The summed E-state index contributed by atoms with van der Waals surface area (Å²) < 4.78 is 0. The van der Waals surface area contributed by atoms with E-state index in [0.717, 1.165) is 6.17 Å². The average molecular weight is 252 g/mol. The number of likely N-dealkylation sites (tertiary alicyclic amines) is 2. The van der Waals surface area contributed by atoms with Gasteiger partial charge in [0, 0.05) is 9.52 Å². The van der Waals surface area contributed by atoms with Crippen molar-refractivity contribution in [1.29, 1.82) is 0 Å². The Labute approximate surface area is 109 Å². The first-order chi connectivity index (χ1) is 8.42. The van der Waals surface area contributed by atoms with E-state index in [-0.39, 0.29) is 9.52 Å². The van der Waals surface area contributed by atoms with Crippen LogP contribution in [-0.2, 0) is 0 Å². The lowest BCUT2D eigenvalue weighted by molar-refractivity contribution is 0.0294. The van der Waals surface area contributed by atoms with Gasteiger partial charge in [-0.15, -0.1) is 12.3 Å². The lowest BCUT2D eigenvalue weighted by Gasteiger charge is -2.43. The highest BCUT2D eigenvalue weighted by Gasteiger charge is 2.26. The van der Waals surface area contributed by atoms with Crippen LogP contribution in [0.5, 0.6) is 0 Å². The molecule has 98 valence electrons. The first kappa shape index (κ1) is 13.3. The zero-order valence-electron chi connectivity index (χ0n) is 11.2. The van der Waals surface area contributed by atoms with Gasteiger partial charge in [0.05, 0.1) is 6.17 Å². The molecule has 3 heteroatoms. The fourth-order valence-corrected chi connectivity index (χ4v) is 4.56. The van der Waals surface area contributed by atoms with Crippen LogP contribution in [0.2, 0.25) is 6.04 Å². The molecule has 0 aromatic heterocycles. The summed E-state index contributed by atoms with van der Waals surface area (Å²) >= 11 is 0. The highest BCUT2D eigenvalue weighted by atomic mass is 28.2. The number of nitrogens with zero attached hydrogens (tertiary/aromatic N) is 2. The van der Waals surface area contributed by atoms with Gasteiger partial charge in [0.15, 0.2) is 0 Å². The first-order valence-electron chi connectivity index (χ1n) is 7.51. The van der Waals surface area contributed by atoms with Gasteiger partial charge in [-0.2, -0.15) is 0 Å². The summed E-state index contributed by atoms with van der Waals surface area (Å²) in [6.45, 7) is 9.31. The van der Waals surface area contributed by atoms with E-state index >= 15 is 0 Å². The summed E-state index contributed by atoms with van der Waals surface area (Å²) in [5, 5.41) is 0. The molecule has 0 radical (unpaired) electrons. The van der Waals surface area contributed by atoms with Crippen molar-refractivity contribution in [3.63, 3.8) is 0 Å². The van der Waals surface area contributed by atoms with E-state index in [2.05, 4.69) is 22.1 Å². The van der Waals surface area contributed by atoms with Crippen molar-refractivity contribution in [3.05, 3.63) is 12.3 Å². The van der Waals surface area contributed by atoms with Crippen LogP contribution < -0.4 is 0 Å². The van der Waals surface area contributed by atoms with Crippen LogP contribution in [-0.4, -0.2) is 51.7 Å². The largest absolute Gasteiger partial charge is 0.288 e. The molecule has 2 nitrogen and oxygen atoms in total. The van der Waals surface area contributed by atoms with E-state index in [1.807, 2.05) is 0 Å². The molecule has 17 heavy (non-hydrogen) atoms. The predicted octanol–water partition coefficient (Wildman–Crippen LogP) is 2.01. The molecule has 2 rings (SSSR count). The Bertz CT molecular complexity index is 202. The van der Waals surface area contributed by atoms with Crippen molar-refractivity contribution >= 4 is 9.52 Å². The predicted molar refractivity (Wildman–Crippen MR) is 78.2 cm³/mol. The second-order valence-corrected chi connectivity index (χ2v) is 7.27. The Morgan fingerprint density at radius 2 is 1.35 bits per heavy atom. The van der Waals surface area contributed by atoms with Crippen molar-refractivity contribution in [2.24, 2.45) is 0 Å². The second-order valence-electron chi connectivity index (χ2n) is 5.54. The molecule has 2 aliphatic heterocycles. The van der Waals surface area contributed by atoms with E-state index in [1.165, 1.54) is 70.7 Å². The van der Waals surface area contributed by atoms with Crippen LogP contribution in [0.1, 0.15) is 38.5 Å². The molecule has 2 aliphatic rings. The summed E-state index contributed by atoms with van der Waals surface area (Å²) in [6.07, 6.45) is 9.32. The summed E-state index contributed by atoms with van der Waals surface area (Å²) in [6, 6.07) is 1.42. The molecule has 0 atom stereocenters. The molecular formula is C14H28N2Si. The van der Waals surface area contributed by atoms with Crippen molar-refractivity contribution in [2.45, 2.75) is 50.7 Å². The van der Waals surface area contributed by atoms with E-state index in [9.17, 15) is 0 Å². The molecular weight excluding hydrogens is 224 g/mol. The van der Waals surface area contributed by atoms with Crippen molar-refractivity contribution < 1.29 is 0 Å². The second kappa shape index (κ2) is 7.34. The summed E-state index contributed by atoms with van der Waals surface area (Å²) in [7, 11) is -0.0352. The van der Waals surface area contributed by atoms with E-state index < -0.39 is 0 Å². The Kier molecular flexibility index (Phi) is 5.75. The maximum Gasteiger partial charge on any atom is 0.0595 e. The molecule has 2 heterocycles. The van der Waals surface area contributed by atoms with Gasteiger partial charge in [-0.1, -0.05) is 12.8 Å². The topological polar surface area (TPSA) is 6.48 Å². The van der Waals surface area contributed by atoms with E-state index in [4.69, 9.17) is 0 Å². The molecule has 2 saturated heterocycles. The van der Waals surface area contributed by atoms with Gasteiger partial charge >= 0.3 is 0 Å². The molecule has 0 bridgehead atoms. The van der Waals surface area contributed by atoms with Gasteiger partial charge in [0.25, 0.3) is 0 Å². The van der Waals surface area contributed by atoms with Crippen LogP contribution in [0.15, 0.2) is 12.3 Å². The zero-order valence-corrected chi connectivity index (χ0v) is 12.7. The number of piperidine rings is 2. The molecule has 0 aromatic rings. The Hall–Kier alpha value is -0.123. The summed E-state index contributed by atoms with van der Waals surface area (Å²) in [4.78, 5) is 5.54. The van der Waals surface area contributed by atoms with Gasteiger partial charge in [0.1, 0.15) is 0 Å². The number of hydrogen-bond donors (Lipinski definition) is 0. The van der Waals surface area contributed by atoms with E-state index in [0.29, 0.717) is 0 Å². The van der Waals surface area contributed by atoms with Gasteiger partial charge in [-0.05, 0) is 57.9 Å². The fraction of sp³-hybridized carbons (Fsp3) is 0.857. The molecule has 0 N–H and O–H groups in total. The molecule has 0 aromatic carbocycles. The minimum atomic E-state index is -0.0352. The highest BCUT2D eigenvalue weighted by Crippen LogP contribution is 2.21. The SMILES string of the molecule is C=C[SiH2]CC(N1CCCCC1)N1CCCCC1. The number of rotatable bonds is 5. The van der Waals surface area contributed by atoms with Crippen LogP contribution >= 0.6 is 0 Å². The lowest BCUT2D eigenvalue weighted by Crippen LogP contribution is -2.52. The Morgan fingerprint density at radius 1 is 0.882 bits per heavy atom. The normalized spacial score (nSPS) is 24.8. The Balaban J connectivity index is 1.92. The molecule has 0 unspecified atom stereocenters. The van der Waals surface area contributed by atoms with Gasteiger partial charge in [-0.3, -0.25) is 9.80 Å². The smallest absolute Gasteiger partial charge is 0.0595 e. The standard InChI is InChI=1S/C14H28N2Si/c1-2-17-13-14(15-9-5-3-6-10-15)16-11-7-4-8-12-16/h2,14H,1,3-13,17H2. The van der Waals surface area contributed by atoms with Crippen LogP contribution in [0.3, 0.4) is 0 Å². The molecule has 0 saturated carbocycles. The van der Waals surface area contributed by atoms with Crippen LogP contribution in [0.4, 0.5) is 0 Å². The number of hydrogen-bond acceptors (Lipinski definition) is 2. The average Bonchev–Trinajstić information content (AvgIpc) is 2.42. The third-order valence-corrected chi connectivity index (χ3v) is 5.51. The van der Waals surface area contributed by atoms with Gasteiger partial charge in [0.2, 0.25) is 0 Å². The Morgan fingerprint density at radius 3 is 1.76 bits per heavy atom. The third-order valence-electron chi connectivity index (χ3n) is 4.25. The van der Waals surface area contributed by atoms with E-state index in [1.54, 1.807) is 0 Å². The van der Waals surface area contributed by atoms with Gasteiger partial charge < -0.3 is 0 Å². The van der Waals surface area contributed by atoms with Crippen molar-refractivity contribution in [1.82, 2.24) is 9.80 Å². The monoisotopic (exact) mass is 252 g/mol. The van der Waals surface area contributed by atoms with Crippen LogP contribution in [0, 0.1) is 0 Å². The maximum atomic E-state index is 3.95. The minimum Gasteiger partial charge on any atom is -0.288 e. The molecule has 2 fully saturated rings. The van der Waals surface area contributed by atoms with Crippen molar-refractivity contribution in [2.75, 3.05) is 26.2 Å². The van der Waals surface area contributed by atoms with Gasteiger partial charge in [-0.25, -0.2) is 0 Å². The van der Waals surface area contributed by atoms with Crippen molar-refractivity contribution in [3.8, 4) is 0 Å². The molecule has 0 amide bonds. The fourth-order valence-electron chi connectivity index (χ4n) is 3.30. The quantitative estimate of drug-likeness (QED) is 0.691. The first-order valence-corrected chi connectivity index (χ1v) is 9.32. The molecule has 0 aliphatic carbocycles.